The van der Waals surface area contributed by atoms with Crippen LogP contribution >= 0.6 is 0 Å². The molecule has 0 aliphatic heterocycles. The van der Waals surface area contributed by atoms with Crippen molar-refractivity contribution in [1.29, 1.82) is 0 Å². The quantitative estimate of drug-likeness (QED) is 0.675. The highest BCUT2D eigenvalue weighted by molar-refractivity contribution is 5.09. The fourth-order valence-corrected chi connectivity index (χ4v) is 7.25. The average Bonchev–Trinajstić information content (AvgIpc) is 2.81. The lowest BCUT2D eigenvalue weighted by Gasteiger charge is -2.61. The first-order chi connectivity index (χ1) is 9.55. The summed E-state index contributed by atoms with van der Waals surface area (Å²) in [5.41, 5.74) is 1.13. The van der Waals surface area contributed by atoms with E-state index in [4.69, 9.17) is 0 Å². The molecule has 0 bridgehead atoms. The number of aliphatic hydroxyl groups excluding tert-OH is 1. The highest BCUT2D eigenvalue weighted by Gasteiger charge is 2.59. The van der Waals surface area contributed by atoms with E-state index < -0.39 is 0 Å². The van der Waals surface area contributed by atoms with Gasteiger partial charge in [0, 0.05) is 0 Å². The van der Waals surface area contributed by atoms with Crippen LogP contribution in [0.1, 0.15) is 78.1 Å². The van der Waals surface area contributed by atoms with E-state index >= 15 is 0 Å². The zero-order chi connectivity index (χ0) is 14.0. The van der Waals surface area contributed by atoms with Crippen LogP contribution in [0.5, 0.6) is 0 Å². The Balaban J connectivity index is 1.69. The van der Waals surface area contributed by atoms with Crippen LogP contribution in [0.2, 0.25) is 0 Å². The third kappa shape index (κ3) is 1.71. The maximum atomic E-state index is 10.9. The Morgan fingerprint density at radius 2 is 1.70 bits per heavy atom. The molecule has 0 heterocycles. The molecule has 20 heavy (non-hydrogen) atoms. The lowest BCUT2D eigenvalue weighted by atomic mass is 9.45. The molecular weight excluding hydrogens is 244 g/mol. The summed E-state index contributed by atoms with van der Waals surface area (Å²) in [6, 6.07) is 0. The fourth-order valence-electron chi connectivity index (χ4n) is 7.25. The van der Waals surface area contributed by atoms with E-state index in [0.29, 0.717) is 16.7 Å². The number of hydrogen-bond acceptors (Lipinski definition) is 1. The van der Waals surface area contributed by atoms with Gasteiger partial charge in [-0.3, -0.25) is 0 Å². The molecule has 0 saturated heterocycles. The van der Waals surface area contributed by atoms with Crippen molar-refractivity contribution in [3.63, 3.8) is 0 Å². The Hall–Kier alpha value is -0.0400. The number of fused-ring (bicyclic) bond motifs is 5. The zero-order valence-corrected chi connectivity index (χ0v) is 13.4. The third-order valence-electron chi connectivity index (χ3n) is 8.38. The van der Waals surface area contributed by atoms with Gasteiger partial charge in [0.2, 0.25) is 0 Å². The van der Waals surface area contributed by atoms with Crippen LogP contribution < -0.4 is 0 Å². The Kier molecular flexibility index (Phi) is 3.05. The molecule has 4 aliphatic rings. The van der Waals surface area contributed by atoms with E-state index in [1.165, 1.54) is 57.8 Å². The fraction of sp³-hybridized carbons (Fsp3) is 1.00. The van der Waals surface area contributed by atoms with Crippen molar-refractivity contribution < 1.29 is 5.11 Å². The summed E-state index contributed by atoms with van der Waals surface area (Å²) in [5, 5.41) is 10.9. The minimum atomic E-state index is 0.0129. The van der Waals surface area contributed by atoms with E-state index in [9.17, 15) is 5.11 Å². The number of rotatable bonds is 0. The van der Waals surface area contributed by atoms with Crippen molar-refractivity contribution in [2.45, 2.75) is 84.2 Å². The molecule has 0 radical (unpaired) electrons. The summed E-state index contributed by atoms with van der Waals surface area (Å²) in [7, 11) is 0. The molecule has 1 heteroatoms. The zero-order valence-electron chi connectivity index (χ0n) is 13.4. The Labute approximate surface area is 124 Å². The van der Waals surface area contributed by atoms with Gasteiger partial charge >= 0.3 is 0 Å². The number of aliphatic hydroxyl groups is 1. The third-order valence-corrected chi connectivity index (χ3v) is 8.38. The second-order valence-corrected chi connectivity index (χ2v) is 9.13. The first kappa shape index (κ1) is 13.6. The monoisotopic (exact) mass is 276 g/mol. The molecule has 1 nitrogen and oxygen atoms in total. The standard InChI is InChI=1S/C19H32O/c1-18-9-5-7-14(18)17-15(8-11-18)19(2)10-4-3-6-13(19)12-16(17)20/h13-17,20H,3-12H2,1-2H3/t13-,14+,15+,16?,17+,18+,19+/m1/s1. The molecule has 0 aromatic carbocycles. The minimum absolute atomic E-state index is 0.0129. The van der Waals surface area contributed by atoms with E-state index in [2.05, 4.69) is 13.8 Å². The molecule has 0 aromatic rings. The van der Waals surface area contributed by atoms with E-state index in [1.54, 1.807) is 0 Å². The van der Waals surface area contributed by atoms with Gasteiger partial charge in [-0.05, 0) is 79.4 Å². The van der Waals surface area contributed by atoms with Crippen molar-refractivity contribution in [1.82, 2.24) is 0 Å². The summed E-state index contributed by atoms with van der Waals surface area (Å²) in [6.45, 7) is 5.13. The van der Waals surface area contributed by atoms with Gasteiger partial charge in [0.15, 0.2) is 0 Å². The SMILES string of the molecule is C[C@@]12CCC[C@H]1[C@@H]1C(O)C[C@H]3CCCC[C@]3(C)[C@H]1CC2. The highest BCUT2D eigenvalue weighted by atomic mass is 16.3. The van der Waals surface area contributed by atoms with Crippen LogP contribution in [0.15, 0.2) is 0 Å². The van der Waals surface area contributed by atoms with Crippen molar-refractivity contribution in [3.05, 3.63) is 0 Å². The van der Waals surface area contributed by atoms with E-state index in [0.717, 1.165) is 24.2 Å². The van der Waals surface area contributed by atoms with Gasteiger partial charge in [-0.2, -0.15) is 0 Å². The molecule has 0 aromatic heterocycles. The first-order valence-corrected chi connectivity index (χ1v) is 9.23. The van der Waals surface area contributed by atoms with Gasteiger partial charge in [-0.1, -0.05) is 33.1 Å². The normalized spacial score (nSPS) is 58.6. The van der Waals surface area contributed by atoms with Gasteiger partial charge < -0.3 is 5.11 Å². The summed E-state index contributed by atoms with van der Waals surface area (Å²) in [5.74, 6) is 3.11. The van der Waals surface area contributed by atoms with Crippen LogP contribution in [0.25, 0.3) is 0 Å². The molecule has 1 N–H and O–H groups in total. The summed E-state index contributed by atoms with van der Waals surface area (Å²) in [6.07, 6.45) is 13.9. The molecule has 0 spiro atoms. The molecule has 7 atom stereocenters. The van der Waals surface area contributed by atoms with E-state index in [-0.39, 0.29) is 6.10 Å². The predicted octanol–water partition coefficient (Wildman–Crippen LogP) is 4.78. The minimum Gasteiger partial charge on any atom is -0.393 e. The van der Waals surface area contributed by atoms with Crippen molar-refractivity contribution in [2.24, 2.45) is 34.5 Å². The van der Waals surface area contributed by atoms with Crippen molar-refractivity contribution >= 4 is 0 Å². The molecule has 0 amide bonds. The Morgan fingerprint density at radius 3 is 2.55 bits per heavy atom. The van der Waals surface area contributed by atoms with Crippen LogP contribution in [0.3, 0.4) is 0 Å². The molecule has 4 saturated carbocycles. The topological polar surface area (TPSA) is 20.2 Å². The highest BCUT2D eigenvalue weighted by Crippen LogP contribution is 2.66. The lowest BCUT2D eigenvalue weighted by Crippen LogP contribution is -2.56. The van der Waals surface area contributed by atoms with Crippen LogP contribution in [0.4, 0.5) is 0 Å². The smallest absolute Gasteiger partial charge is 0.0577 e. The summed E-state index contributed by atoms with van der Waals surface area (Å²) < 4.78 is 0. The van der Waals surface area contributed by atoms with E-state index in [1.807, 2.05) is 0 Å². The second kappa shape index (κ2) is 4.48. The van der Waals surface area contributed by atoms with Crippen LogP contribution in [-0.4, -0.2) is 11.2 Å². The molecule has 4 aliphatic carbocycles. The van der Waals surface area contributed by atoms with Crippen molar-refractivity contribution in [3.8, 4) is 0 Å². The van der Waals surface area contributed by atoms with Crippen molar-refractivity contribution in [2.75, 3.05) is 0 Å². The molecule has 1 unspecified atom stereocenters. The number of hydrogen-bond donors (Lipinski definition) is 1. The molecule has 114 valence electrons. The summed E-state index contributed by atoms with van der Waals surface area (Å²) in [4.78, 5) is 0. The molecule has 4 fully saturated rings. The molecular formula is C19H32O. The predicted molar refractivity (Wildman–Crippen MR) is 82.4 cm³/mol. The van der Waals surface area contributed by atoms with Gasteiger partial charge in [0.25, 0.3) is 0 Å². The van der Waals surface area contributed by atoms with Gasteiger partial charge in [0.1, 0.15) is 0 Å². The molecule has 4 rings (SSSR count). The Morgan fingerprint density at radius 1 is 0.850 bits per heavy atom. The van der Waals surface area contributed by atoms with Crippen LogP contribution in [0, 0.1) is 34.5 Å². The maximum absolute atomic E-state index is 10.9. The average molecular weight is 276 g/mol. The summed E-state index contributed by atoms with van der Waals surface area (Å²) >= 11 is 0. The first-order valence-electron chi connectivity index (χ1n) is 9.23. The van der Waals surface area contributed by atoms with Crippen LogP contribution in [-0.2, 0) is 0 Å². The Bertz CT molecular complexity index is 391. The second-order valence-electron chi connectivity index (χ2n) is 9.13. The maximum Gasteiger partial charge on any atom is 0.0577 e. The largest absolute Gasteiger partial charge is 0.393 e. The van der Waals surface area contributed by atoms with Gasteiger partial charge in [-0.15, -0.1) is 0 Å². The van der Waals surface area contributed by atoms with Gasteiger partial charge in [0.05, 0.1) is 6.10 Å². The van der Waals surface area contributed by atoms with Gasteiger partial charge in [-0.25, -0.2) is 0 Å². The lowest BCUT2D eigenvalue weighted by molar-refractivity contribution is -0.157.